The zero-order chi connectivity index (χ0) is 14.6. The van der Waals surface area contributed by atoms with Gasteiger partial charge in [-0.2, -0.15) is 0 Å². The molecule has 0 spiro atoms. The molecular weight excluding hydrogens is 260 g/mol. The molecule has 0 amide bonds. The highest BCUT2D eigenvalue weighted by molar-refractivity contribution is 7.91. The second kappa shape index (κ2) is 11.7. The van der Waals surface area contributed by atoms with E-state index < -0.39 is 15.9 Å². The molecule has 0 aromatic carbocycles. The van der Waals surface area contributed by atoms with E-state index in [9.17, 15) is 8.42 Å². The lowest BCUT2D eigenvalue weighted by Gasteiger charge is -2.06. The van der Waals surface area contributed by atoms with Crippen LogP contribution in [0.15, 0.2) is 0 Å². The summed E-state index contributed by atoms with van der Waals surface area (Å²) < 4.78 is 23.0. The quantitative estimate of drug-likeness (QED) is 0.527. The van der Waals surface area contributed by atoms with Crippen LogP contribution < -0.4 is 0 Å². The van der Waals surface area contributed by atoms with Gasteiger partial charge in [-0.25, -0.2) is 8.42 Å². The molecule has 0 aliphatic heterocycles. The second-order valence-electron chi connectivity index (χ2n) is 5.65. The molecule has 3 nitrogen and oxygen atoms in total. The molecule has 0 aliphatic rings. The van der Waals surface area contributed by atoms with E-state index in [4.69, 9.17) is 5.11 Å². The number of rotatable bonds is 13. The minimum Gasteiger partial charge on any atom is -0.392 e. The van der Waals surface area contributed by atoms with Crippen molar-refractivity contribution in [1.29, 1.82) is 0 Å². The van der Waals surface area contributed by atoms with Crippen molar-refractivity contribution in [3.05, 3.63) is 0 Å². The molecule has 19 heavy (non-hydrogen) atoms. The largest absolute Gasteiger partial charge is 0.392 e. The van der Waals surface area contributed by atoms with E-state index >= 15 is 0 Å². The fourth-order valence-electron chi connectivity index (χ4n) is 2.26. The summed E-state index contributed by atoms with van der Waals surface area (Å²) in [6.45, 7) is 3.75. The highest BCUT2D eigenvalue weighted by atomic mass is 32.2. The molecule has 0 saturated carbocycles. The van der Waals surface area contributed by atoms with Crippen molar-refractivity contribution < 1.29 is 13.5 Å². The Morgan fingerprint density at radius 2 is 1.26 bits per heavy atom. The zero-order valence-corrected chi connectivity index (χ0v) is 13.6. The van der Waals surface area contributed by atoms with Crippen molar-refractivity contribution in [1.82, 2.24) is 0 Å². The van der Waals surface area contributed by atoms with Crippen LogP contribution in [-0.4, -0.2) is 31.1 Å². The van der Waals surface area contributed by atoms with E-state index in [0.29, 0.717) is 0 Å². The minimum atomic E-state index is -3.04. The maximum Gasteiger partial charge on any atom is 0.152 e. The summed E-state index contributed by atoms with van der Waals surface area (Å²) in [5.74, 6) is 0.138. The van der Waals surface area contributed by atoms with Crippen molar-refractivity contribution in [2.75, 3.05) is 11.5 Å². The SMILES string of the molecule is CCCCCCCCCCCCS(=O)(=O)CC(C)O. The summed E-state index contributed by atoms with van der Waals surface area (Å²) in [6, 6.07) is 0. The first-order valence-corrected chi connectivity index (χ1v) is 9.68. The van der Waals surface area contributed by atoms with Crippen molar-refractivity contribution in [2.45, 2.75) is 84.2 Å². The van der Waals surface area contributed by atoms with Gasteiger partial charge in [-0.1, -0.05) is 64.7 Å². The van der Waals surface area contributed by atoms with Crippen molar-refractivity contribution in [3.8, 4) is 0 Å². The van der Waals surface area contributed by atoms with Gasteiger partial charge in [0.2, 0.25) is 0 Å². The van der Waals surface area contributed by atoms with Crippen LogP contribution in [0.5, 0.6) is 0 Å². The van der Waals surface area contributed by atoms with E-state index in [-0.39, 0.29) is 11.5 Å². The van der Waals surface area contributed by atoms with E-state index in [1.165, 1.54) is 51.9 Å². The van der Waals surface area contributed by atoms with Crippen LogP contribution in [0, 0.1) is 0 Å². The Hall–Kier alpha value is -0.0900. The predicted octanol–water partition coefficient (Wildman–Crippen LogP) is 3.70. The molecule has 1 atom stereocenters. The molecule has 0 bridgehead atoms. The number of unbranched alkanes of at least 4 members (excludes halogenated alkanes) is 9. The van der Waals surface area contributed by atoms with Gasteiger partial charge in [-0.3, -0.25) is 0 Å². The number of aliphatic hydroxyl groups is 1. The molecule has 116 valence electrons. The Labute approximate surface area is 119 Å². The van der Waals surface area contributed by atoms with Crippen LogP contribution >= 0.6 is 0 Å². The molecule has 0 aromatic heterocycles. The lowest BCUT2D eigenvalue weighted by Crippen LogP contribution is -2.20. The molecule has 0 aliphatic carbocycles. The van der Waals surface area contributed by atoms with Crippen molar-refractivity contribution >= 4 is 9.84 Å². The van der Waals surface area contributed by atoms with Crippen LogP contribution in [0.3, 0.4) is 0 Å². The zero-order valence-electron chi connectivity index (χ0n) is 12.7. The molecular formula is C15H32O3S. The van der Waals surface area contributed by atoms with Crippen LogP contribution in [0.25, 0.3) is 0 Å². The summed E-state index contributed by atoms with van der Waals surface area (Å²) in [5.41, 5.74) is 0. The van der Waals surface area contributed by atoms with Gasteiger partial charge in [-0.15, -0.1) is 0 Å². The van der Waals surface area contributed by atoms with Gasteiger partial charge in [0.05, 0.1) is 17.6 Å². The smallest absolute Gasteiger partial charge is 0.152 e. The highest BCUT2D eigenvalue weighted by Gasteiger charge is 2.13. The molecule has 0 saturated heterocycles. The third kappa shape index (κ3) is 14.1. The van der Waals surface area contributed by atoms with Crippen LogP contribution in [-0.2, 0) is 9.84 Å². The van der Waals surface area contributed by atoms with Crippen LogP contribution in [0.1, 0.15) is 78.1 Å². The van der Waals surface area contributed by atoms with Gasteiger partial charge in [0.25, 0.3) is 0 Å². The second-order valence-corrected chi connectivity index (χ2v) is 7.87. The topological polar surface area (TPSA) is 54.4 Å². The Morgan fingerprint density at radius 3 is 1.68 bits per heavy atom. The molecule has 0 heterocycles. The van der Waals surface area contributed by atoms with Gasteiger partial charge in [0.15, 0.2) is 9.84 Å². The molecule has 0 aromatic rings. The average molecular weight is 292 g/mol. The monoisotopic (exact) mass is 292 g/mol. The standard InChI is InChI=1S/C15H32O3S/c1-3-4-5-6-7-8-9-10-11-12-13-19(17,18)14-15(2)16/h15-16H,3-14H2,1-2H3. The molecule has 0 fully saturated rings. The molecule has 4 heteroatoms. The van der Waals surface area contributed by atoms with Crippen LogP contribution in [0.2, 0.25) is 0 Å². The summed E-state index contributed by atoms with van der Waals surface area (Å²) >= 11 is 0. The van der Waals surface area contributed by atoms with Gasteiger partial charge in [-0.05, 0) is 13.3 Å². The average Bonchev–Trinajstić information content (AvgIpc) is 2.30. The number of hydrogen-bond donors (Lipinski definition) is 1. The maximum absolute atomic E-state index is 11.5. The van der Waals surface area contributed by atoms with Gasteiger partial charge in [0.1, 0.15) is 0 Å². The van der Waals surface area contributed by atoms with Crippen molar-refractivity contribution in [2.24, 2.45) is 0 Å². The highest BCUT2D eigenvalue weighted by Crippen LogP contribution is 2.11. The van der Waals surface area contributed by atoms with E-state index in [2.05, 4.69) is 6.92 Å². The number of aliphatic hydroxyl groups excluding tert-OH is 1. The Kier molecular flexibility index (Phi) is 11.7. The summed E-state index contributed by atoms with van der Waals surface area (Å²) in [5, 5.41) is 9.07. The fraction of sp³-hybridized carbons (Fsp3) is 1.00. The van der Waals surface area contributed by atoms with Crippen LogP contribution in [0.4, 0.5) is 0 Å². The number of sulfone groups is 1. The van der Waals surface area contributed by atoms with Gasteiger partial charge >= 0.3 is 0 Å². The molecule has 1 unspecified atom stereocenters. The maximum atomic E-state index is 11.5. The fourth-order valence-corrected chi connectivity index (χ4v) is 3.81. The Morgan fingerprint density at radius 1 is 0.842 bits per heavy atom. The number of hydrogen-bond acceptors (Lipinski definition) is 3. The summed E-state index contributed by atoms with van der Waals surface area (Å²) in [7, 11) is -3.04. The summed E-state index contributed by atoms with van der Waals surface area (Å²) in [4.78, 5) is 0. The molecule has 0 rings (SSSR count). The Bertz CT molecular complexity index is 284. The first kappa shape index (κ1) is 18.9. The van der Waals surface area contributed by atoms with Gasteiger partial charge in [0, 0.05) is 0 Å². The third-order valence-electron chi connectivity index (χ3n) is 3.30. The lowest BCUT2D eigenvalue weighted by molar-refractivity contribution is 0.218. The molecule has 0 radical (unpaired) electrons. The normalized spacial score (nSPS) is 13.6. The minimum absolute atomic E-state index is 0.0928. The van der Waals surface area contributed by atoms with E-state index in [0.717, 1.165) is 19.3 Å². The van der Waals surface area contributed by atoms with Crippen molar-refractivity contribution in [3.63, 3.8) is 0 Å². The first-order valence-electron chi connectivity index (χ1n) is 7.86. The van der Waals surface area contributed by atoms with E-state index in [1.54, 1.807) is 0 Å². The first-order chi connectivity index (χ1) is 8.98. The molecule has 1 N–H and O–H groups in total. The predicted molar refractivity (Wildman–Crippen MR) is 82.2 cm³/mol. The van der Waals surface area contributed by atoms with Gasteiger partial charge < -0.3 is 5.11 Å². The van der Waals surface area contributed by atoms with E-state index in [1.807, 2.05) is 0 Å². The summed E-state index contributed by atoms with van der Waals surface area (Å²) in [6.07, 6.45) is 11.3. The Balaban J connectivity index is 3.31. The lowest BCUT2D eigenvalue weighted by atomic mass is 10.1. The third-order valence-corrected chi connectivity index (χ3v) is 5.20.